The fraction of sp³-hybridized carbons (Fsp3) is 0.250. The van der Waals surface area contributed by atoms with E-state index in [0.717, 1.165) is 0 Å². The molecule has 132 valence electrons. The molecule has 3 aromatic rings. The molecule has 0 aromatic heterocycles. The first kappa shape index (κ1) is 16.9. The molecule has 0 fully saturated rings. The van der Waals surface area contributed by atoms with E-state index in [4.69, 9.17) is 4.74 Å². The molecule has 3 aromatic carbocycles. The van der Waals surface area contributed by atoms with Gasteiger partial charge in [-0.1, -0.05) is 92.7 Å². The summed E-state index contributed by atoms with van der Waals surface area (Å²) in [5, 5.41) is 3.75. The Bertz CT molecular complexity index is 858. The summed E-state index contributed by atoms with van der Waals surface area (Å²) in [6, 6.07) is 29.8. The molecule has 2 unspecified atom stereocenters. The number of nitrogens with one attached hydrogen (secondary N) is 1. The van der Waals surface area contributed by atoms with Crippen LogP contribution in [0.3, 0.4) is 0 Å². The molecule has 1 N–H and O–H groups in total. The third-order valence-electron chi connectivity index (χ3n) is 5.36. The van der Waals surface area contributed by atoms with Crippen molar-refractivity contribution >= 4 is 5.69 Å². The van der Waals surface area contributed by atoms with Crippen LogP contribution in [0, 0.1) is 5.41 Å². The predicted molar refractivity (Wildman–Crippen MR) is 107 cm³/mol. The van der Waals surface area contributed by atoms with Crippen molar-refractivity contribution in [3.63, 3.8) is 0 Å². The second-order valence-electron chi connectivity index (χ2n) is 7.57. The van der Waals surface area contributed by atoms with Crippen LogP contribution in [-0.4, -0.2) is 0 Å². The van der Waals surface area contributed by atoms with Gasteiger partial charge in [-0.05, 0) is 17.2 Å². The topological polar surface area (TPSA) is 21.3 Å². The average molecular weight is 343 g/mol. The predicted octanol–water partition coefficient (Wildman–Crippen LogP) is 6.14. The second kappa shape index (κ2) is 6.97. The Morgan fingerprint density at radius 3 is 2.15 bits per heavy atom. The van der Waals surface area contributed by atoms with E-state index in [1.165, 1.54) is 22.4 Å². The lowest BCUT2D eigenvalue weighted by Crippen LogP contribution is -2.39. The van der Waals surface area contributed by atoms with Gasteiger partial charge >= 0.3 is 0 Å². The van der Waals surface area contributed by atoms with E-state index in [0.29, 0.717) is 6.61 Å². The number of para-hydroxylation sites is 1. The third kappa shape index (κ3) is 3.13. The fourth-order valence-electron chi connectivity index (χ4n) is 3.97. The maximum absolute atomic E-state index is 6.52. The van der Waals surface area contributed by atoms with Crippen LogP contribution in [0.1, 0.15) is 42.7 Å². The van der Waals surface area contributed by atoms with Gasteiger partial charge in [0.25, 0.3) is 0 Å². The van der Waals surface area contributed by atoms with Gasteiger partial charge in [-0.3, -0.25) is 0 Å². The summed E-state index contributed by atoms with van der Waals surface area (Å²) in [4.78, 5) is 0. The molecule has 0 saturated carbocycles. The van der Waals surface area contributed by atoms with Gasteiger partial charge in [0.05, 0.1) is 18.8 Å². The van der Waals surface area contributed by atoms with Gasteiger partial charge in [0, 0.05) is 16.7 Å². The van der Waals surface area contributed by atoms with Gasteiger partial charge in [0.15, 0.2) is 0 Å². The van der Waals surface area contributed by atoms with Crippen molar-refractivity contribution in [2.45, 2.75) is 32.6 Å². The van der Waals surface area contributed by atoms with E-state index in [1.54, 1.807) is 0 Å². The highest BCUT2D eigenvalue weighted by Crippen LogP contribution is 2.53. The minimum Gasteiger partial charge on any atom is -0.377 e. The molecule has 1 aliphatic rings. The van der Waals surface area contributed by atoms with Crippen molar-refractivity contribution in [1.82, 2.24) is 0 Å². The van der Waals surface area contributed by atoms with Gasteiger partial charge < -0.3 is 10.1 Å². The molecule has 2 heteroatoms. The number of hydrogen-bond donors (Lipinski definition) is 1. The fourth-order valence-corrected chi connectivity index (χ4v) is 3.97. The third-order valence-corrected chi connectivity index (χ3v) is 5.36. The standard InChI is InChI=1S/C24H25NO/c1-24(2)22(19-13-7-4-8-14-19)25-21-16-10-9-15-20(21)23(24)26-17-18-11-5-3-6-12-18/h3-16,22-23,25H,17H2,1-2H3. The first-order valence-electron chi connectivity index (χ1n) is 9.22. The summed E-state index contributed by atoms with van der Waals surface area (Å²) in [6.07, 6.45) is 0.0189. The first-order valence-corrected chi connectivity index (χ1v) is 9.22. The maximum Gasteiger partial charge on any atom is 0.0923 e. The number of anilines is 1. The van der Waals surface area contributed by atoms with Crippen molar-refractivity contribution in [3.8, 4) is 0 Å². The molecule has 0 saturated heterocycles. The Labute approximate surface area is 155 Å². The number of rotatable bonds is 4. The zero-order chi connectivity index (χ0) is 18.0. The zero-order valence-electron chi connectivity index (χ0n) is 15.4. The van der Waals surface area contributed by atoms with E-state index < -0.39 is 0 Å². The van der Waals surface area contributed by atoms with Crippen LogP contribution in [0.25, 0.3) is 0 Å². The molecule has 2 atom stereocenters. The first-order chi connectivity index (χ1) is 12.7. The van der Waals surface area contributed by atoms with E-state index in [-0.39, 0.29) is 17.6 Å². The molecule has 0 amide bonds. The van der Waals surface area contributed by atoms with Gasteiger partial charge in [-0.25, -0.2) is 0 Å². The van der Waals surface area contributed by atoms with Crippen molar-refractivity contribution in [2.24, 2.45) is 5.41 Å². The van der Waals surface area contributed by atoms with Crippen LogP contribution in [0.2, 0.25) is 0 Å². The zero-order valence-corrected chi connectivity index (χ0v) is 15.4. The molecule has 1 heterocycles. The molecule has 26 heavy (non-hydrogen) atoms. The van der Waals surface area contributed by atoms with Crippen LogP contribution < -0.4 is 5.32 Å². The lowest BCUT2D eigenvalue weighted by Gasteiger charge is -2.46. The van der Waals surface area contributed by atoms with Gasteiger partial charge in [0.2, 0.25) is 0 Å². The van der Waals surface area contributed by atoms with Crippen molar-refractivity contribution in [1.29, 1.82) is 0 Å². The number of benzene rings is 3. The Hall–Kier alpha value is -2.58. The molecule has 0 bridgehead atoms. The summed E-state index contributed by atoms with van der Waals surface area (Å²) in [7, 11) is 0. The second-order valence-corrected chi connectivity index (χ2v) is 7.57. The highest BCUT2D eigenvalue weighted by atomic mass is 16.5. The molecular formula is C24H25NO. The summed E-state index contributed by atoms with van der Waals surface area (Å²) >= 11 is 0. The molecular weight excluding hydrogens is 318 g/mol. The van der Waals surface area contributed by atoms with Crippen LogP contribution in [0.5, 0.6) is 0 Å². The SMILES string of the molecule is CC1(C)C(c2ccccc2)Nc2ccccc2C1OCc1ccccc1. The molecule has 0 aliphatic carbocycles. The van der Waals surface area contributed by atoms with Crippen LogP contribution in [0.15, 0.2) is 84.9 Å². The van der Waals surface area contributed by atoms with Gasteiger partial charge in [0.1, 0.15) is 0 Å². The summed E-state index contributed by atoms with van der Waals surface area (Å²) in [6.45, 7) is 5.21. The minimum absolute atomic E-state index is 0.0189. The molecule has 0 radical (unpaired) electrons. The van der Waals surface area contributed by atoms with Crippen molar-refractivity contribution in [3.05, 3.63) is 102 Å². The lowest BCUT2D eigenvalue weighted by atomic mass is 9.70. The Kier molecular flexibility index (Phi) is 4.52. The summed E-state index contributed by atoms with van der Waals surface area (Å²) < 4.78 is 6.52. The molecule has 2 nitrogen and oxygen atoms in total. The largest absolute Gasteiger partial charge is 0.377 e. The van der Waals surface area contributed by atoms with Gasteiger partial charge in [-0.15, -0.1) is 0 Å². The Balaban J connectivity index is 1.70. The van der Waals surface area contributed by atoms with E-state index in [9.17, 15) is 0 Å². The smallest absolute Gasteiger partial charge is 0.0923 e. The average Bonchev–Trinajstić information content (AvgIpc) is 2.68. The Morgan fingerprint density at radius 2 is 1.42 bits per heavy atom. The monoisotopic (exact) mass is 343 g/mol. The summed E-state index contributed by atoms with van der Waals surface area (Å²) in [5.41, 5.74) is 4.81. The summed E-state index contributed by atoms with van der Waals surface area (Å²) in [5.74, 6) is 0. The van der Waals surface area contributed by atoms with E-state index in [1.807, 2.05) is 6.07 Å². The highest BCUT2D eigenvalue weighted by Gasteiger charge is 2.44. The quantitative estimate of drug-likeness (QED) is 0.614. The Morgan fingerprint density at radius 1 is 0.808 bits per heavy atom. The number of hydrogen-bond acceptors (Lipinski definition) is 2. The highest BCUT2D eigenvalue weighted by molar-refractivity contribution is 5.57. The molecule has 0 spiro atoms. The lowest BCUT2D eigenvalue weighted by molar-refractivity contribution is -0.0506. The normalized spacial score (nSPS) is 20.8. The van der Waals surface area contributed by atoms with Crippen molar-refractivity contribution in [2.75, 3.05) is 5.32 Å². The number of fused-ring (bicyclic) bond motifs is 1. The molecule has 1 aliphatic heterocycles. The van der Waals surface area contributed by atoms with E-state index in [2.05, 4.69) is 98.0 Å². The van der Waals surface area contributed by atoms with Crippen LogP contribution >= 0.6 is 0 Å². The van der Waals surface area contributed by atoms with E-state index >= 15 is 0 Å². The molecule has 4 rings (SSSR count). The van der Waals surface area contributed by atoms with Crippen molar-refractivity contribution < 1.29 is 4.74 Å². The minimum atomic E-state index is -0.0928. The number of ether oxygens (including phenoxy) is 1. The van der Waals surface area contributed by atoms with Crippen LogP contribution in [0.4, 0.5) is 5.69 Å². The van der Waals surface area contributed by atoms with Gasteiger partial charge in [-0.2, -0.15) is 0 Å². The maximum atomic E-state index is 6.52. The van der Waals surface area contributed by atoms with Crippen LogP contribution in [-0.2, 0) is 11.3 Å².